The summed E-state index contributed by atoms with van der Waals surface area (Å²) in [7, 11) is 0. The van der Waals surface area contributed by atoms with Crippen LogP contribution in [0, 0.1) is 0 Å². The largest absolute Gasteiger partial charge is 0.384 e. The number of nitrogens with zero attached hydrogens (tertiary/aromatic N) is 2. The molecule has 5 heteroatoms. The van der Waals surface area contributed by atoms with Crippen LogP contribution in [0.4, 0.5) is 5.82 Å². The number of rotatable bonds is 1. The van der Waals surface area contributed by atoms with E-state index in [9.17, 15) is 0 Å². The molecule has 2 N–H and O–H groups in total. The van der Waals surface area contributed by atoms with E-state index < -0.39 is 0 Å². The monoisotopic (exact) mass is 213 g/mol. The zero-order valence-corrected chi connectivity index (χ0v) is 8.31. The van der Waals surface area contributed by atoms with E-state index in [-0.39, 0.29) is 12.4 Å². The summed E-state index contributed by atoms with van der Waals surface area (Å²) in [5.41, 5.74) is 6.54. The molecule has 2 heterocycles. The van der Waals surface area contributed by atoms with Gasteiger partial charge in [0.2, 0.25) is 0 Å². The van der Waals surface area contributed by atoms with Crippen molar-refractivity contribution in [3.05, 3.63) is 29.1 Å². The lowest BCUT2D eigenvalue weighted by molar-refractivity contribution is 1.19. The summed E-state index contributed by atoms with van der Waals surface area (Å²) in [5.74, 6) is 1.20. The minimum atomic E-state index is 0. The Morgan fingerprint density at radius 1 is 1.31 bits per heavy atom. The number of aromatic nitrogens is 2. The van der Waals surface area contributed by atoms with Crippen molar-refractivity contribution >= 4 is 29.6 Å². The smallest absolute Gasteiger partial charge is 0.162 e. The zero-order valence-electron chi connectivity index (χ0n) is 6.68. The molecule has 13 heavy (non-hydrogen) atoms. The van der Waals surface area contributed by atoms with Crippen LogP contribution >= 0.6 is 23.7 Å². The Balaban J connectivity index is 0.000000845. The molecule has 0 bridgehead atoms. The number of anilines is 1. The Morgan fingerprint density at radius 2 is 2.15 bits per heavy atom. The highest BCUT2D eigenvalue weighted by Gasteiger charge is 1.99. The van der Waals surface area contributed by atoms with Crippen molar-refractivity contribution in [3.63, 3.8) is 0 Å². The van der Waals surface area contributed by atoms with Crippen LogP contribution in [-0.4, -0.2) is 9.97 Å². The number of hydrogen-bond donors (Lipinski definition) is 1. The molecule has 68 valence electrons. The van der Waals surface area contributed by atoms with Crippen LogP contribution in [-0.2, 0) is 0 Å². The van der Waals surface area contributed by atoms with Crippen molar-refractivity contribution in [1.82, 2.24) is 9.97 Å². The lowest BCUT2D eigenvalue weighted by Crippen LogP contribution is -1.93. The molecule has 0 radical (unpaired) electrons. The minimum Gasteiger partial charge on any atom is -0.384 e. The van der Waals surface area contributed by atoms with E-state index in [0.29, 0.717) is 11.6 Å². The van der Waals surface area contributed by atoms with Crippen LogP contribution < -0.4 is 5.73 Å². The molecule has 2 rings (SSSR count). The van der Waals surface area contributed by atoms with E-state index in [1.807, 2.05) is 16.8 Å². The van der Waals surface area contributed by atoms with Crippen LogP contribution in [0.1, 0.15) is 0 Å². The summed E-state index contributed by atoms with van der Waals surface area (Å²) in [6.07, 6.45) is 1.66. The maximum atomic E-state index is 5.52. The van der Waals surface area contributed by atoms with Crippen molar-refractivity contribution in [1.29, 1.82) is 0 Å². The number of halogens is 1. The van der Waals surface area contributed by atoms with Crippen molar-refractivity contribution < 1.29 is 0 Å². The van der Waals surface area contributed by atoms with Crippen molar-refractivity contribution in [2.24, 2.45) is 0 Å². The predicted octanol–water partition coefficient (Wildman–Crippen LogP) is 2.21. The third kappa shape index (κ3) is 2.17. The van der Waals surface area contributed by atoms with Crippen LogP contribution in [0.5, 0.6) is 0 Å². The second kappa shape index (κ2) is 4.20. The van der Waals surface area contributed by atoms with Gasteiger partial charge in [-0.2, -0.15) is 11.3 Å². The highest BCUT2D eigenvalue weighted by Crippen LogP contribution is 2.17. The fourth-order valence-electron chi connectivity index (χ4n) is 0.903. The molecule has 2 aromatic rings. The van der Waals surface area contributed by atoms with E-state index in [2.05, 4.69) is 9.97 Å². The van der Waals surface area contributed by atoms with Gasteiger partial charge in [-0.1, -0.05) is 0 Å². The first-order chi connectivity index (χ1) is 5.86. The van der Waals surface area contributed by atoms with Crippen molar-refractivity contribution in [2.75, 3.05) is 5.73 Å². The Labute approximate surface area is 86.1 Å². The van der Waals surface area contributed by atoms with E-state index in [4.69, 9.17) is 5.73 Å². The van der Waals surface area contributed by atoms with Crippen LogP contribution in [0.25, 0.3) is 11.4 Å². The molecule has 3 nitrogen and oxygen atoms in total. The van der Waals surface area contributed by atoms with Crippen LogP contribution in [0.3, 0.4) is 0 Å². The molecule has 2 aromatic heterocycles. The normalized spacial score (nSPS) is 9.23. The fourth-order valence-corrected chi connectivity index (χ4v) is 1.54. The first-order valence-corrected chi connectivity index (χ1v) is 4.41. The molecule has 0 aliphatic rings. The van der Waals surface area contributed by atoms with Gasteiger partial charge in [-0.15, -0.1) is 12.4 Å². The topological polar surface area (TPSA) is 51.8 Å². The molecule has 0 aliphatic heterocycles. The molecule has 0 atom stereocenters. The van der Waals surface area contributed by atoms with Gasteiger partial charge in [-0.25, -0.2) is 9.97 Å². The van der Waals surface area contributed by atoms with Gasteiger partial charge in [0.25, 0.3) is 0 Å². The first kappa shape index (κ1) is 9.95. The highest BCUT2D eigenvalue weighted by molar-refractivity contribution is 7.08. The van der Waals surface area contributed by atoms with Crippen LogP contribution in [0.2, 0.25) is 0 Å². The average Bonchev–Trinajstić information content (AvgIpc) is 2.56. The molecule has 0 unspecified atom stereocenters. The lowest BCUT2D eigenvalue weighted by Gasteiger charge is -1.95. The van der Waals surface area contributed by atoms with Gasteiger partial charge in [-0.3, -0.25) is 0 Å². The van der Waals surface area contributed by atoms with E-state index in [1.165, 1.54) is 0 Å². The van der Waals surface area contributed by atoms with Crippen molar-refractivity contribution in [2.45, 2.75) is 0 Å². The second-order valence-electron chi connectivity index (χ2n) is 2.32. The average molecular weight is 214 g/mol. The first-order valence-electron chi connectivity index (χ1n) is 3.47. The SMILES string of the molecule is Cl.Nc1ccnc(-c2ccsc2)n1. The number of thiophene rings is 1. The maximum Gasteiger partial charge on any atom is 0.162 e. The van der Waals surface area contributed by atoms with E-state index in [0.717, 1.165) is 5.56 Å². The number of nitrogen functional groups attached to an aromatic ring is 1. The molecule has 0 aromatic carbocycles. The molecule has 0 saturated carbocycles. The van der Waals surface area contributed by atoms with Crippen molar-refractivity contribution in [3.8, 4) is 11.4 Å². The second-order valence-corrected chi connectivity index (χ2v) is 3.10. The van der Waals surface area contributed by atoms with E-state index in [1.54, 1.807) is 23.6 Å². The molecular formula is C8H8ClN3S. The van der Waals surface area contributed by atoms with Gasteiger partial charge in [0, 0.05) is 17.1 Å². The molecule has 0 fully saturated rings. The summed E-state index contributed by atoms with van der Waals surface area (Å²) >= 11 is 1.62. The maximum absolute atomic E-state index is 5.52. The number of hydrogen-bond acceptors (Lipinski definition) is 4. The predicted molar refractivity (Wildman–Crippen MR) is 57.0 cm³/mol. The Bertz CT molecular complexity index is 375. The Kier molecular flexibility index (Phi) is 3.22. The van der Waals surface area contributed by atoms with Gasteiger partial charge < -0.3 is 5.73 Å². The summed E-state index contributed by atoms with van der Waals surface area (Å²) in [4.78, 5) is 8.19. The van der Waals surface area contributed by atoms with E-state index >= 15 is 0 Å². The lowest BCUT2D eigenvalue weighted by atomic mass is 10.3. The van der Waals surface area contributed by atoms with Gasteiger partial charge in [-0.05, 0) is 17.5 Å². The fraction of sp³-hybridized carbons (Fsp3) is 0. The molecule has 0 saturated heterocycles. The molecule has 0 spiro atoms. The molecule has 0 aliphatic carbocycles. The van der Waals surface area contributed by atoms with Gasteiger partial charge in [0.15, 0.2) is 5.82 Å². The number of nitrogens with two attached hydrogens (primary N) is 1. The summed E-state index contributed by atoms with van der Waals surface area (Å²) < 4.78 is 0. The summed E-state index contributed by atoms with van der Waals surface area (Å²) in [6.45, 7) is 0. The third-order valence-corrected chi connectivity index (χ3v) is 2.14. The van der Waals surface area contributed by atoms with Gasteiger partial charge in [0.05, 0.1) is 0 Å². The summed E-state index contributed by atoms with van der Waals surface area (Å²) in [5, 5.41) is 3.98. The zero-order chi connectivity index (χ0) is 8.39. The molecular weight excluding hydrogens is 206 g/mol. The Morgan fingerprint density at radius 3 is 2.77 bits per heavy atom. The van der Waals surface area contributed by atoms with Gasteiger partial charge >= 0.3 is 0 Å². The highest BCUT2D eigenvalue weighted by atomic mass is 35.5. The third-order valence-electron chi connectivity index (χ3n) is 1.46. The summed E-state index contributed by atoms with van der Waals surface area (Å²) in [6, 6.07) is 3.65. The molecule has 0 amide bonds. The van der Waals surface area contributed by atoms with Crippen LogP contribution in [0.15, 0.2) is 29.1 Å². The quantitative estimate of drug-likeness (QED) is 0.790. The standard InChI is InChI=1S/C8H7N3S.ClH/c9-7-1-3-10-8(11-7)6-2-4-12-5-6;/h1-5H,(H2,9,10,11);1H. The Hall–Kier alpha value is -1.13. The van der Waals surface area contributed by atoms with Gasteiger partial charge in [0.1, 0.15) is 5.82 Å². The minimum absolute atomic E-state index is 0.